The average molecular weight is 408 g/mol. The van der Waals surface area contributed by atoms with Crippen LogP contribution in [-0.2, 0) is 0 Å². The molecule has 2 aliphatic carbocycles. The Morgan fingerprint density at radius 2 is 1.72 bits per heavy atom. The van der Waals surface area contributed by atoms with Crippen LogP contribution in [-0.4, -0.2) is 21.9 Å². The maximum atomic E-state index is 11.2. The van der Waals surface area contributed by atoms with E-state index in [1.807, 2.05) is 24.4 Å². The maximum Gasteiger partial charge on any atom is 0.211 e. The van der Waals surface area contributed by atoms with E-state index in [9.17, 15) is 5.11 Å². The number of benzene rings is 1. The molecule has 2 fully saturated rings. The Morgan fingerprint density at radius 1 is 1.00 bits per heavy atom. The Morgan fingerprint density at radius 3 is 2.52 bits per heavy atom. The van der Waals surface area contributed by atoms with Crippen molar-refractivity contribution in [1.29, 1.82) is 0 Å². The summed E-state index contributed by atoms with van der Waals surface area (Å²) in [6.07, 6.45) is 16.3. The fourth-order valence-electron chi connectivity index (χ4n) is 4.91. The lowest BCUT2D eigenvalue weighted by Gasteiger charge is -2.24. The van der Waals surface area contributed by atoms with Crippen LogP contribution in [0.4, 0.5) is 5.69 Å². The topological polar surface area (TPSA) is 49.9 Å². The molecule has 0 saturated heterocycles. The van der Waals surface area contributed by atoms with Crippen molar-refractivity contribution in [2.75, 3.05) is 0 Å². The van der Waals surface area contributed by atoms with E-state index in [0.29, 0.717) is 18.0 Å². The molecule has 5 rings (SSSR count). The van der Waals surface area contributed by atoms with Crippen LogP contribution in [0.1, 0.15) is 80.7 Å². The highest BCUT2D eigenvalue weighted by atomic mass is 32.1. The van der Waals surface area contributed by atoms with E-state index in [1.165, 1.54) is 51.4 Å². The summed E-state index contributed by atoms with van der Waals surface area (Å²) in [5.74, 6) is 0.391. The number of hydrogen-bond acceptors (Lipinski definition) is 4. The van der Waals surface area contributed by atoms with Gasteiger partial charge in [-0.1, -0.05) is 68.1 Å². The monoisotopic (exact) mass is 407 g/mol. The molecule has 0 amide bonds. The van der Waals surface area contributed by atoms with E-state index in [2.05, 4.69) is 21.7 Å². The number of para-hydroxylation sites is 1. The van der Waals surface area contributed by atoms with Crippen LogP contribution >= 0.6 is 11.3 Å². The predicted molar refractivity (Wildman–Crippen MR) is 121 cm³/mol. The normalized spacial score (nSPS) is 22.5. The molecular formula is C24H29N3OS. The molecule has 0 radical (unpaired) electrons. The number of nitrogens with zero attached hydrogens (tertiary/aromatic N) is 3. The lowest BCUT2D eigenvalue weighted by molar-refractivity contribution is 0.304. The minimum absolute atomic E-state index is 0.374. The van der Waals surface area contributed by atoms with E-state index in [0.717, 1.165) is 39.3 Å². The van der Waals surface area contributed by atoms with E-state index in [4.69, 9.17) is 4.99 Å². The van der Waals surface area contributed by atoms with Gasteiger partial charge in [0.2, 0.25) is 5.88 Å². The van der Waals surface area contributed by atoms with E-state index < -0.39 is 0 Å². The van der Waals surface area contributed by atoms with Crippen LogP contribution < -0.4 is 4.80 Å². The molecule has 0 unspecified atom stereocenters. The molecule has 0 bridgehead atoms. The Bertz CT molecular complexity index is 1000. The summed E-state index contributed by atoms with van der Waals surface area (Å²) in [4.78, 5) is 11.6. The second-order valence-corrected chi connectivity index (χ2v) is 9.54. The SMILES string of the molecule is Oc1c(/C=C2\C=Nc3ccccc32)sc(=NC2CCCCC2)n1C1CCCCC1. The minimum Gasteiger partial charge on any atom is -0.493 e. The van der Waals surface area contributed by atoms with Crippen LogP contribution in [0.3, 0.4) is 0 Å². The smallest absolute Gasteiger partial charge is 0.211 e. The summed E-state index contributed by atoms with van der Waals surface area (Å²) in [6.45, 7) is 0. The zero-order chi connectivity index (χ0) is 19.6. The second kappa shape index (κ2) is 8.31. The Kier molecular flexibility index (Phi) is 5.40. The zero-order valence-corrected chi connectivity index (χ0v) is 17.7. The number of allylic oxidation sites excluding steroid dienone is 1. The number of fused-ring (bicyclic) bond motifs is 1. The number of thiazole rings is 1. The summed E-state index contributed by atoms with van der Waals surface area (Å²) < 4.78 is 2.16. The van der Waals surface area contributed by atoms with Gasteiger partial charge in [0.1, 0.15) is 0 Å². The molecule has 3 aliphatic rings. The lowest BCUT2D eigenvalue weighted by Crippen LogP contribution is -2.25. The van der Waals surface area contributed by atoms with Crippen LogP contribution in [0, 0.1) is 0 Å². The summed E-state index contributed by atoms with van der Waals surface area (Å²) in [5, 5.41) is 11.2. The van der Waals surface area contributed by atoms with Crippen LogP contribution in [0.5, 0.6) is 5.88 Å². The quantitative estimate of drug-likeness (QED) is 0.642. The summed E-state index contributed by atoms with van der Waals surface area (Å²) in [7, 11) is 0. The Balaban J connectivity index is 1.57. The van der Waals surface area contributed by atoms with E-state index in [1.54, 1.807) is 11.3 Å². The number of aromatic hydroxyl groups is 1. The molecule has 1 aliphatic heterocycles. The van der Waals surface area contributed by atoms with Gasteiger partial charge >= 0.3 is 0 Å². The molecule has 4 nitrogen and oxygen atoms in total. The van der Waals surface area contributed by atoms with E-state index in [-0.39, 0.29) is 0 Å². The third kappa shape index (κ3) is 3.85. The first kappa shape index (κ1) is 18.9. The van der Waals surface area contributed by atoms with Crippen molar-refractivity contribution in [1.82, 2.24) is 4.57 Å². The molecule has 0 atom stereocenters. The molecular weight excluding hydrogens is 378 g/mol. The molecule has 1 aromatic carbocycles. The maximum absolute atomic E-state index is 11.2. The minimum atomic E-state index is 0.374. The van der Waals surface area contributed by atoms with Gasteiger partial charge in [0.05, 0.1) is 16.6 Å². The van der Waals surface area contributed by atoms with Crippen molar-refractivity contribution >= 4 is 34.9 Å². The fraction of sp³-hybridized carbons (Fsp3) is 0.500. The highest BCUT2D eigenvalue weighted by Gasteiger charge is 2.23. The van der Waals surface area contributed by atoms with E-state index >= 15 is 0 Å². The molecule has 1 aromatic heterocycles. The first-order valence-electron chi connectivity index (χ1n) is 11.1. The van der Waals surface area contributed by atoms with Crippen molar-refractivity contribution in [3.8, 4) is 5.88 Å². The lowest BCUT2D eigenvalue weighted by atomic mass is 9.95. The highest BCUT2D eigenvalue weighted by molar-refractivity contribution is 7.10. The molecule has 152 valence electrons. The number of hydrogen-bond donors (Lipinski definition) is 1. The fourth-order valence-corrected chi connectivity index (χ4v) is 6.02. The van der Waals surface area contributed by atoms with Gasteiger partial charge in [0, 0.05) is 23.4 Å². The highest BCUT2D eigenvalue weighted by Crippen LogP contribution is 2.37. The van der Waals surface area contributed by atoms with Gasteiger partial charge in [-0.05, 0) is 37.8 Å². The Hall–Kier alpha value is -2.14. The van der Waals surface area contributed by atoms with Gasteiger partial charge in [-0.25, -0.2) is 0 Å². The third-order valence-electron chi connectivity index (χ3n) is 6.51. The van der Waals surface area contributed by atoms with Crippen LogP contribution in [0.25, 0.3) is 11.6 Å². The first-order chi connectivity index (χ1) is 14.3. The van der Waals surface area contributed by atoms with Gasteiger partial charge in [0.25, 0.3) is 0 Å². The molecule has 1 N–H and O–H groups in total. The number of rotatable bonds is 3. The summed E-state index contributed by atoms with van der Waals surface area (Å²) in [5.41, 5.74) is 3.20. The second-order valence-electron chi connectivity index (χ2n) is 8.53. The third-order valence-corrected chi connectivity index (χ3v) is 7.51. The molecule has 5 heteroatoms. The van der Waals surface area contributed by atoms with Crippen LogP contribution in [0.15, 0.2) is 34.3 Å². The molecule has 29 heavy (non-hydrogen) atoms. The summed E-state index contributed by atoms with van der Waals surface area (Å²) in [6, 6.07) is 8.97. The first-order valence-corrected chi connectivity index (χ1v) is 11.9. The van der Waals surface area contributed by atoms with Crippen molar-refractivity contribution < 1.29 is 5.11 Å². The van der Waals surface area contributed by atoms with Gasteiger partial charge in [-0.15, -0.1) is 0 Å². The van der Waals surface area contributed by atoms with Gasteiger partial charge in [-0.3, -0.25) is 14.6 Å². The van der Waals surface area contributed by atoms with Gasteiger partial charge in [0.15, 0.2) is 4.80 Å². The van der Waals surface area contributed by atoms with Crippen molar-refractivity contribution in [2.45, 2.75) is 76.3 Å². The van der Waals surface area contributed by atoms with Gasteiger partial charge < -0.3 is 5.11 Å². The van der Waals surface area contributed by atoms with Crippen molar-refractivity contribution in [3.63, 3.8) is 0 Å². The number of aromatic nitrogens is 1. The molecule has 2 saturated carbocycles. The van der Waals surface area contributed by atoms with Crippen molar-refractivity contribution in [3.05, 3.63) is 39.5 Å². The summed E-state index contributed by atoms with van der Waals surface area (Å²) >= 11 is 1.64. The van der Waals surface area contributed by atoms with Crippen molar-refractivity contribution in [2.24, 2.45) is 9.98 Å². The largest absolute Gasteiger partial charge is 0.493 e. The average Bonchev–Trinajstić information content (AvgIpc) is 3.31. The number of aliphatic imine (C=N–C) groups is 1. The zero-order valence-electron chi connectivity index (χ0n) is 16.9. The van der Waals surface area contributed by atoms with Crippen LogP contribution in [0.2, 0.25) is 0 Å². The Labute approximate surface area is 176 Å². The standard InChI is InChI=1S/C24H29N3OS/c28-23-22(15-17-16-25-21-14-8-7-13-20(17)21)29-24(26-18-9-3-1-4-10-18)27(23)19-11-5-2-6-12-19/h7-8,13-16,18-19,28H,1-6,9-12H2/b17-15+,26-24?. The predicted octanol–water partition coefficient (Wildman–Crippen LogP) is 6.25. The molecule has 2 heterocycles. The molecule has 0 spiro atoms. The van der Waals surface area contributed by atoms with Gasteiger partial charge in [-0.2, -0.15) is 0 Å². The molecule has 2 aromatic rings.